The summed E-state index contributed by atoms with van der Waals surface area (Å²) in [6, 6.07) is 7.61. The average Bonchev–Trinajstić information content (AvgIpc) is 2.31. The van der Waals surface area contributed by atoms with Gasteiger partial charge < -0.3 is 4.74 Å². The van der Waals surface area contributed by atoms with Gasteiger partial charge in [0.05, 0.1) is 18.2 Å². The second kappa shape index (κ2) is 7.14. The normalized spacial score (nSPS) is 9.81. The van der Waals surface area contributed by atoms with E-state index in [0.717, 1.165) is 30.6 Å². The zero-order valence-corrected chi connectivity index (χ0v) is 10.3. The molecule has 0 fully saturated rings. The first-order valence-electron chi connectivity index (χ1n) is 5.47. The Kier molecular flexibility index (Phi) is 5.74. The van der Waals surface area contributed by atoms with Gasteiger partial charge >= 0.3 is 0 Å². The van der Waals surface area contributed by atoms with Crippen molar-refractivity contribution in [1.82, 2.24) is 0 Å². The van der Waals surface area contributed by atoms with Crippen LogP contribution in [0.15, 0.2) is 18.2 Å². The summed E-state index contributed by atoms with van der Waals surface area (Å²) >= 11 is 5.59. The van der Waals surface area contributed by atoms with Crippen molar-refractivity contribution >= 4 is 11.6 Å². The molecule has 0 N–H and O–H groups in total. The van der Waals surface area contributed by atoms with Gasteiger partial charge in [-0.2, -0.15) is 5.26 Å². The van der Waals surface area contributed by atoms with Gasteiger partial charge in [0.1, 0.15) is 5.75 Å². The van der Waals surface area contributed by atoms with Gasteiger partial charge in [-0.3, -0.25) is 0 Å². The number of benzene rings is 1. The number of halogens is 1. The van der Waals surface area contributed by atoms with E-state index >= 15 is 0 Å². The number of alkyl halides is 1. The summed E-state index contributed by atoms with van der Waals surface area (Å²) in [6.07, 6.45) is 3.12. The van der Waals surface area contributed by atoms with Crippen LogP contribution in [0.25, 0.3) is 0 Å². The predicted octanol–water partition coefficient (Wildman–Crippen LogP) is 3.65. The van der Waals surface area contributed by atoms with Gasteiger partial charge in [-0.25, -0.2) is 0 Å². The van der Waals surface area contributed by atoms with Crippen LogP contribution in [0.4, 0.5) is 0 Å². The topological polar surface area (TPSA) is 33.0 Å². The lowest BCUT2D eigenvalue weighted by atomic mass is 10.1. The molecule has 0 aromatic heterocycles. The van der Waals surface area contributed by atoms with Crippen molar-refractivity contribution in [3.05, 3.63) is 29.3 Å². The molecule has 0 aliphatic rings. The molecular weight excluding hydrogens is 222 g/mol. The first-order valence-corrected chi connectivity index (χ1v) is 6.01. The minimum absolute atomic E-state index is 0.640. The molecule has 3 heteroatoms. The first kappa shape index (κ1) is 12.9. The Balaban J connectivity index is 2.44. The summed E-state index contributed by atoms with van der Waals surface area (Å²) in [7, 11) is 0. The number of rotatable bonds is 6. The Morgan fingerprint density at radius 1 is 1.31 bits per heavy atom. The Labute approximate surface area is 102 Å². The summed E-state index contributed by atoms with van der Waals surface area (Å²) in [5, 5.41) is 8.77. The molecule has 0 aliphatic heterocycles. The lowest BCUT2D eigenvalue weighted by Crippen LogP contribution is -1.99. The molecule has 0 aliphatic carbocycles. The Bertz CT molecular complexity index is 371. The van der Waals surface area contributed by atoms with Crippen LogP contribution in [0.2, 0.25) is 0 Å². The molecule has 0 amide bonds. The lowest BCUT2D eigenvalue weighted by molar-refractivity contribution is 0.304. The van der Waals surface area contributed by atoms with E-state index in [9.17, 15) is 0 Å². The number of aryl methyl sites for hydroxylation is 1. The van der Waals surface area contributed by atoms with Crippen LogP contribution in [0.3, 0.4) is 0 Å². The molecule has 0 spiro atoms. The van der Waals surface area contributed by atoms with Crippen LogP contribution in [0, 0.1) is 18.3 Å². The average molecular weight is 238 g/mol. The number of hydrogen-bond acceptors (Lipinski definition) is 2. The molecule has 2 nitrogen and oxygen atoms in total. The van der Waals surface area contributed by atoms with Crippen LogP contribution in [0.1, 0.15) is 30.4 Å². The van der Waals surface area contributed by atoms with E-state index in [-0.39, 0.29) is 0 Å². The maximum Gasteiger partial charge on any atom is 0.123 e. The summed E-state index contributed by atoms with van der Waals surface area (Å²) in [4.78, 5) is 0. The predicted molar refractivity (Wildman–Crippen MR) is 66.0 cm³/mol. The zero-order valence-electron chi connectivity index (χ0n) is 9.50. The van der Waals surface area contributed by atoms with Crippen molar-refractivity contribution in [2.75, 3.05) is 12.5 Å². The summed E-state index contributed by atoms with van der Waals surface area (Å²) in [5.74, 6) is 1.52. The summed E-state index contributed by atoms with van der Waals surface area (Å²) < 4.78 is 5.63. The quantitative estimate of drug-likeness (QED) is 0.559. The van der Waals surface area contributed by atoms with Crippen molar-refractivity contribution in [3.8, 4) is 11.8 Å². The maximum atomic E-state index is 8.77. The van der Waals surface area contributed by atoms with E-state index < -0.39 is 0 Å². The highest BCUT2D eigenvalue weighted by atomic mass is 35.5. The third-order valence-corrected chi connectivity index (χ3v) is 2.62. The second-order valence-corrected chi connectivity index (χ2v) is 4.07. The second-order valence-electron chi connectivity index (χ2n) is 3.69. The van der Waals surface area contributed by atoms with Crippen LogP contribution in [0.5, 0.6) is 5.75 Å². The molecule has 16 heavy (non-hydrogen) atoms. The zero-order chi connectivity index (χ0) is 11.8. The molecule has 86 valence electrons. The molecule has 0 atom stereocenters. The van der Waals surface area contributed by atoms with Gasteiger partial charge in [-0.1, -0.05) is 6.07 Å². The monoisotopic (exact) mass is 237 g/mol. The van der Waals surface area contributed by atoms with E-state index in [1.54, 1.807) is 12.1 Å². The minimum atomic E-state index is 0.640. The number of nitriles is 1. The third kappa shape index (κ3) is 4.12. The molecule has 0 unspecified atom stereocenters. The van der Waals surface area contributed by atoms with Crippen LogP contribution >= 0.6 is 11.6 Å². The van der Waals surface area contributed by atoms with Crippen LogP contribution in [-0.2, 0) is 0 Å². The first-order chi connectivity index (χ1) is 7.77. The highest BCUT2D eigenvalue weighted by Crippen LogP contribution is 2.19. The summed E-state index contributed by atoms with van der Waals surface area (Å²) in [5.41, 5.74) is 1.71. The molecule has 1 rings (SSSR count). The van der Waals surface area contributed by atoms with Gasteiger partial charge in [0.2, 0.25) is 0 Å². The van der Waals surface area contributed by atoms with E-state index in [1.807, 2.05) is 13.0 Å². The van der Waals surface area contributed by atoms with Crippen LogP contribution in [-0.4, -0.2) is 12.5 Å². The Morgan fingerprint density at radius 3 is 2.81 bits per heavy atom. The van der Waals surface area contributed by atoms with Crippen molar-refractivity contribution < 1.29 is 4.74 Å². The molecule has 1 aromatic carbocycles. The van der Waals surface area contributed by atoms with Gasteiger partial charge in [0, 0.05) is 5.88 Å². The van der Waals surface area contributed by atoms with Gasteiger partial charge in [0.25, 0.3) is 0 Å². The van der Waals surface area contributed by atoms with E-state index in [1.165, 1.54) is 0 Å². The molecule has 1 aromatic rings. The smallest absolute Gasteiger partial charge is 0.123 e. The highest BCUT2D eigenvalue weighted by Gasteiger charge is 2.01. The van der Waals surface area contributed by atoms with E-state index in [0.29, 0.717) is 18.1 Å². The van der Waals surface area contributed by atoms with Crippen molar-refractivity contribution in [1.29, 1.82) is 5.26 Å². The molecule has 0 saturated heterocycles. The molecular formula is C13H16ClNO. The van der Waals surface area contributed by atoms with Gasteiger partial charge in [-0.05, 0) is 43.9 Å². The third-order valence-electron chi connectivity index (χ3n) is 2.35. The van der Waals surface area contributed by atoms with Gasteiger partial charge in [0.15, 0.2) is 0 Å². The van der Waals surface area contributed by atoms with E-state index in [2.05, 4.69) is 6.07 Å². The SMILES string of the molecule is Cc1ccc(C#N)cc1OCCCCCCl. The van der Waals surface area contributed by atoms with Crippen molar-refractivity contribution in [3.63, 3.8) is 0 Å². The van der Waals surface area contributed by atoms with Crippen LogP contribution < -0.4 is 4.74 Å². The Morgan fingerprint density at radius 2 is 2.12 bits per heavy atom. The fourth-order valence-electron chi connectivity index (χ4n) is 1.38. The fourth-order valence-corrected chi connectivity index (χ4v) is 1.57. The maximum absolute atomic E-state index is 8.77. The standard InChI is InChI=1S/C13H16ClNO/c1-11-5-6-12(10-15)9-13(11)16-8-4-2-3-7-14/h5-6,9H,2-4,7-8H2,1H3. The lowest BCUT2D eigenvalue weighted by Gasteiger charge is -2.08. The molecule has 0 heterocycles. The minimum Gasteiger partial charge on any atom is -0.493 e. The van der Waals surface area contributed by atoms with E-state index in [4.69, 9.17) is 21.6 Å². The number of nitrogens with zero attached hydrogens (tertiary/aromatic N) is 1. The fraction of sp³-hybridized carbons (Fsp3) is 0.462. The number of ether oxygens (including phenoxy) is 1. The Hall–Kier alpha value is -1.20. The highest BCUT2D eigenvalue weighted by molar-refractivity contribution is 6.17. The number of hydrogen-bond donors (Lipinski definition) is 0. The number of unbranched alkanes of at least 4 members (excludes halogenated alkanes) is 2. The van der Waals surface area contributed by atoms with Crippen molar-refractivity contribution in [2.24, 2.45) is 0 Å². The summed E-state index contributed by atoms with van der Waals surface area (Å²) in [6.45, 7) is 2.67. The molecule has 0 saturated carbocycles. The van der Waals surface area contributed by atoms with Crippen molar-refractivity contribution in [2.45, 2.75) is 26.2 Å². The molecule has 0 radical (unpaired) electrons. The molecule has 0 bridgehead atoms. The van der Waals surface area contributed by atoms with Gasteiger partial charge in [-0.15, -0.1) is 11.6 Å². The largest absolute Gasteiger partial charge is 0.493 e.